The first-order valence-corrected chi connectivity index (χ1v) is 10.0. The molecule has 5 rings (SSSR count). The first-order valence-electron chi connectivity index (χ1n) is 10.0. The quantitative estimate of drug-likeness (QED) is 0.632. The molecule has 2 aromatic heterocycles. The van der Waals surface area contributed by atoms with E-state index in [1.165, 1.54) is 0 Å². The molecule has 3 aromatic rings. The maximum absolute atomic E-state index is 12.1. The molecule has 1 aromatic carbocycles. The average molecular weight is 392 g/mol. The normalized spacial score (nSPS) is 21.4. The molecule has 3 heterocycles. The third kappa shape index (κ3) is 3.40. The number of aliphatic hydroxyl groups is 1. The highest BCUT2D eigenvalue weighted by atomic mass is 16.3. The molecule has 1 saturated carbocycles. The second-order valence-corrected chi connectivity index (χ2v) is 7.92. The second kappa shape index (κ2) is 7.04. The zero-order chi connectivity index (χ0) is 20.0. The number of carbonyl (C=O) groups excluding carboxylic acids is 1. The zero-order valence-electron chi connectivity index (χ0n) is 16.3. The van der Waals surface area contributed by atoms with Crippen LogP contribution in [0.4, 0.5) is 17.5 Å². The summed E-state index contributed by atoms with van der Waals surface area (Å²) in [5, 5.41) is 21.1. The summed E-state index contributed by atoms with van der Waals surface area (Å²) in [6.45, 7) is 0.617. The van der Waals surface area contributed by atoms with E-state index in [-0.39, 0.29) is 12.0 Å². The highest BCUT2D eigenvalue weighted by molar-refractivity contribution is 5.98. The second-order valence-electron chi connectivity index (χ2n) is 7.92. The summed E-state index contributed by atoms with van der Waals surface area (Å²) in [5.74, 6) is 1.46. The number of hydrogen-bond donors (Lipinski definition) is 3. The summed E-state index contributed by atoms with van der Waals surface area (Å²) >= 11 is 0. The predicted molar refractivity (Wildman–Crippen MR) is 110 cm³/mol. The summed E-state index contributed by atoms with van der Waals surface area (Å²) in [6, 6.07) is 11.9. The number of carbonyl (C=O) groups is 1. The van der Waals surface area contributed by atoms with Crippen LogP contribution in [0.3, 0.4) is 0 Å². The minimum Gasteiger partial charge on any atom is -0.393 e. The van der Waals surface area contributed by atoms with Crippen molar-refractivity contribution in [2.45, 2.75) is 44.4 Å². The van der Waals surface area contributed by atoms with Crippen LogP contribution in [-0.4, -0.2) is 49.7 Å². The maximum atomic E-state index is 12.1. The minimum absolute atomic E-state index is 0.0587. The Bertz CT molecular complexity index is 1070. The molecule has 3 N–H and O–H groups in total. The van der Waals surface area contributed by atoms with Crippen LogP contribution in [0.15, 0.2) is 36.4 Å². The van der Waals surface area contributed by atoms with Crippen molar-refractivity contribution in [3.05, 3.63) is 47.5 Å². The van der Waals surface area contributed by atoms with Crippen molar-refractivity contribution in [1.82, 2.24) is 19.5 Å². The van der Waals surface area contributed by atoms with Gasteiger partial charge in [0.2, 0.25) is 5.95 Å². The number of nitrogens with one attached hydrogen (secondary N) is 2. The van der Waals surface area contributed by atoms with Crippen molar-refractivity contribution in [2.24, 2.45) is 0 Å². The minimum atomic E-state index is -0.173. The molecule has 8 heteroatoms. The van der Waals surface area contributed by atoms with Gasteiger partial charge in [-0.05, 0) is 61.6 Å². The SMILES string of the molecule is CN1Cc2cc(Nc3nc4cccc(NC5CCC(O)CC5)n4n3)ccc2C1=O. The zero-order valence-corrected chi connectivity index (χ0v) is 16.3. The van der Waals surface area contributed by atoms with Crippen LogP contribution in [0.25, 0.3) is 5.65 Å². The van der Waals surface area contributed by atoms with E-state index in [1.54, 1.807) is 16.5 Å². The highest BCUT2D eigenvalue weighted by Gasteiger charge is 2.24. The van der Waals surface area contributed by atoms with E-state index in [1.807, 2.05) is 36.4 Å². The van der Waals surface area contributed by atoms with Gasteiger partial charge < -0.3 is 20.6 Å². The van der Waals surface area contributed by atoms with Crippen molar-refractivity contribution < 1.29 is 9.90 Å². The van der Waals surface area contributed by atoms with Gasteiger partial charge in [-0.1, -0.05) is 6.07 Å². The first kappa shape index (κ1) is 17.9. The lowest BCUT2D eigenvalue weighted by Gasteiger charge is -2.26. The van der Waals surface area contributed by atoms with Crippen molar-refractivity contribution >= 4 is 29.0 Å². The maximum Gasteiger partial charge on any atom is 0.254 e. The van der Waals surface area contributed by atoms with Crippen molar-refractivity contribution in [3.63, 3.8) is 0 Å². The van der Waals surface area contributed by atoms with Gasteiger partial charge in [0.05, 0.1) is 6.10 Å². The van der Waals surface area contributed by atoms with Gasteiger partial charge in [0.25, 0.3) is 5.91 Å². The van der Waals surface area contributed by atoms with Gasteiger partial charge in [-0.3, -0.25) is 4.79 Å². The number of benzene rings is 1. The lowest BCUT2D eigenvalue weighted by atomic mass is 9.93. The van der Waals surface area contributed by atoms with Crippen LogP contribution in [-0.2, 0) is 6.54 Å². The van der Waals surface area contributed by atoms with Gasteiger partial charge in [-0.2, -0.15) is 9.50 Å². The molecule has 0 saturated heterocycles. The fourth-order valence-electron chi connectivity index (χ4n) is 4.17. The molecule has 1 aliphatic heterocycles. The van der Waals surface area contributed by atoms with Gasteiger partial charge in [0.1, 0.15) is 5.82 Å². The van der Waals surface area contributed by atoms with Gasteiger partial charge in [-0.15, -0.1) is 5.10 Å². The fourth-order valence-corrected chi connectivity index (χ4v) is 4.17. The molecule has 2 aliphatic rings. The Morgan fingerprint density at radius 1 is 1.14 bits per heavy atom. The Balaban J connectivity index is 1.37. The lowest BCUT2D eigenvalue weighted by molar-refractivity contribution is 0.0816. The summed E-state index contributed by atoms with van der Waals surface area (Å²) in [7, 11) is 1.81. The molecule has 1 amide bonds. The number of hydrogen-bond acceptors (Lipinski definition) is 6. The summed E-state index contributed by atoms with van der Waals surface area (Å²) in [4.78, 5) is 18.3. The number of aliphatic hydroxyl groups excluding tert-OH is 1. The average Bonchev–Trinajstić information content (AvgIpc) is 3.24. The summed E-state index contributed by atoms with van der Waals surface area (Å²) < 4.78 is 1.80. The number of nitrogens with zero attached hydrogens (tertiary/aromatic N) is 4. The number of aromatic nitrogens is 3. The standard InChI is InChI=1S/C21H24N6O2/c1-26-12-13-11-15(7-10-17(13)20(26)29)23-21-24-19-4-2-3-18(27(19)25-21)22-14-5-8-16(28)9-6-14/h2-4,7,10-11,14,16,22,28H,5-6,8-9,12H2,1H3,(H,23,25). The van der Waals surface area contributed by atoms with Crippen LogP contribution in [0.2, 0.25) is 0 Å². The smallest absolute Gasteiger partial charge is 0.254 e. The molecule has 0 atom stereocenters. The van der Waals surface area contributed by atoms with Crippen molar-refractivity contribution in [1.29, 1.82) is 0 Å². The molecule has 1 fully saturated rings. The molecular formula is C21H24N6O2. The number of pyridine rings is 1. The molecule has 29 heavy (non-hydrogen) atoms. The van der Waals surface area contributed by atoms with Crippen LogP contribution in [0.5, 0.6) is 0 Å². The Morgan fingerprint density at radius 2 is 1.97 bits per heavy atom. The number of rotatable bonds is 4. The van der Waals surface area contributed by atoms with E-state index in [0.29, 0.717) is 18.5 Å². The van der Waals surface area contributed by atoms with Crippen LogP contribution >= 0.6 is 0 Å². The fraction of sp³-hybridized carbons (Fsp3) is 0.381. The van der Waals surface area contributed by atoms with E-state index in [2.05, 4.69) is 20.7 Å². The lowest BCUT2D eigenvalue weighted by Crippen LogP contribution is -2.29. The Kier molecular flexibility index (Phi) is 4.35. The van der Waals surface area contributed by atoms with Crippen molar-refractivity contribution in [2.75, 3.05) is 17.7 Å². The van der Waals surface area contributed by atoms with Gasteiger partial charge in [0, 0.05) is 30.9 Å². The number of amides is 1. The van der Waals surface area contributed by atoms with E-state index < -0.39 is 0 Å². The molecule has 8 nitrogen and oxygen atoms in total. The largest absolute Gasteiger partial charge is 0.393 e. The Morgan fingerprint density at radius 3 is 2.79 bits per heavy atom. The molecule has 0 radical (unpaired) electrons. The van der Waals surface area contributed by atoms with E-state index in [0.717, 1.165) is 54.0 Å². The molecule has 0 bridgehead atoms. The van der Waals surface area contributed by atoms with Crippen LogP contribution < -0.4 is 10.6 Å². The Labute approximate surface area is 168 Å². The third-order valence-electron chi connectivity index (χ3n) is 5.75. The number of anilines is 3. The van der Waals surface area contributed by atoms with Crippen LogP contribution in [0.1, 0.15) is 41.6 Å². The van der Waals surface area contributed by atoms with Gasteiger partial charge >= 0.3 is 0 Å². The topological polar surface area (TPSA) is 94.8 Å². The predicted octanol–water partition coefficient (Wildman–Crippen LogP) is 2.77. The summed E-state index contributed by atoms with van der Waals surface area (Å²) in [5.41, 5.74) is 3.38. The van der Waals surface area contributed by atoms with Crippen molar-refractivity contribution in [3.8, 4) is 0 Å². The molecule has 0 spiro atoms. The monoisotopic (exact) mass is 392 g/mol. The molecule has 150 valence electrons. The first-order chi connectivity index (χ1) is 14.1. The van der Waals surface area contributed by atoms with E-state index in [4.69, 9.17) is 0 Å². The third-order valence-corrected chi connectivity index (χ3v) is 5.75. The molecular weight excluding hydrogens is 368 g/mol. The van der Waals surface area contributed by atoms with Gasteiger partial charge in [0.15, 0.2) is 5.65 Å². The van der Waals surface area contributed by atoms with E-state index in [9.17, 15) is 9.90 Å². The highest BCUT2D eigenvalue weighted by Crippen LogP contribution is 2.27. The van der Waals surface area contributed by atoms with Gasteiger partial charge in [-0.25, -0.2) is 0 Å². The van der Waals surface area contributed by atoms with E-state index >= 15 is 0 Å². The summed E-state index contributed by atoms with van der Waals surface area (Å²) in [6.07, 6.45) is 3.37. The molecule has 0 unspecified atom stereocenters. The number of fused-ring (bicyclic) bond motifs is 2. The molecule has 1 aliphatic carbocycles. The Hall–Kier alpha value is -3.13. The van der Waals surface area contributed by atoms with Crippen LogP contribution in [0, 0.1) is 0 Å².